The Hall–Kier alpha value is -0.280. The van der Waals surface area contributed by atoms with E-state index in [1.165, 1.54) is 13.5 Å². The second kappa shape index (κ2) is 9.91. The first-order chi connectivity index (χ1) is 7.67. The van der Waals surface area contributed by atoms with Crippen molar-refractivity contribution in [1.29, 1.82) is 0 Å². The van der Waals surface area contributed by atoms with Crippen molar-refractivity contribution < 1.29 is 9.84 Å². The van der Waals surface area contributed by atoms with E-state index < -0.39 is 0 Å². The number of halogens is 2. The largest absolute Gasteiger partial charge is 0.371 e. The molecule has 0 heterocycles. The van der Waals surface area contributed by atoms with Crippen molar-refractivity contribution in [2.24, 2.45) is 0 Å². The maximum Gasteiger partial charge on any atom is 0.143 e. The summed E-state index contributed by atoms with van der Waals surface area (Å²) in [6.07, 6.45) is 3.29. The molecule has 0 unspecified atom stereocenters. The van der Waals surface area contributed by atoms with E-state index in [1.54, 1.807) is 0 Å². The molecule has 1 aromatic carbocycles. The van der Waals surface area contributed by atoms with E-state index in [0.717, 1.165) is 28.5 Å². The predicted molar refractivity (Wildman–Crippen MR) is 69.2 cm³/mol. The highest BCUT2D eigenvalue weighted by atomic mass is 35.5. The van der Waals surface area contributed by atoms with Gasteiger partial charge in [-0.05, 0) is 30.5 Å². The molecule has 0 fully saturated rings. The lowest BCUT2D eigenvalue weighted by atomic mass is 10.1. The van der Waals surface area contributed by atoms with E-state index in [4.69, 9.17) is 28.3 Å². The van der Waals surface area contributed by atoms with Crippen molar-refractivity contribution >= 4 is 23.2 Å². The monoisotopic (exact) mass is 264 g/mol. The highest BCUT2D eigenvalue weighted by Crippen LogP contribution is 2.25. The summed E-state index contributed by atoms with van der Waals surface area (Å²) in [4.78, 5) is 0. The third kappa shape index (κ3) is 6.33. The molecule has 0 atom stereocenters. The van der Waals surface area contributed by atoms with Gasteiger partial charge in [0.05, 0.1) is 0 Å². The summed E-state index contributed by atoms with van der Waals surface area (Å²) in [5, 5.41) is 9.23. The average molecular weight is 265 g/mol. The molecular weight excluding hydrogens is 247 g/mol. The summed E-state index contributed by atoms with van der Waals surface area (Å²) in [6, 6.07) is 5.65. The maximum absolute atomic E-state index is 7.65. The van der Waals surface area contributed by atoms with Crippen LogP contribution in [0, 0.1) is 0 Å². The highest BCUT2D eigenvalue weighted by Gasteiger charge is 2.03. The molecule has 4 heteroatoms. The molecule has 0 aromatic heterocycles. The standard InChI is InChI=1S/C10H12Cl2.C2H6O2/c1-2-3-5-8-9(11)6-4-7-10(8)12;1-4-2-3/h4,6-7H,2-3,5H2,1H3;3H,2H2,1H3. The van der Waals surface area contributed by atoms with Crippen molar-refractivity contribution in [2.75, 3.05) is 13.9 Å². The first-order valence-electron chi connectivity index (χ1n) is 5.20. The average Bonchev–Trinajstić information content (AvgIpc) is 2.29. The van der Waals surface area contributed by atoms with E-state index in [0.29, 0.717) is 0 Å². The number of methoxy groups -OCH3 is 1. The lowest BCUT2D eigenvalue weighted by molar-refractivity contribution is 0.0325. The van der Waals surface area contributed by atoms with Crippen LogP contribution in [-0.4, -0.2) is 19.0 Å². The molecule has 0 spiro atoms. The quantitative estimate of drug-likeness (QED) is 0.836. The molecule has 92 valence electrons. The molecule has 0 bridgehead atoms. The fraction of sp³-hybridized carbons (Fsp3) is 0.500. The third-order valence-electron chi connectivity index (χ3n) is 1.97. The minimum Gasteiger partial charge on any atom is -0.371 e. The Kier molecular flexibility index (Phi) is 9.74. The zero-order valence-corrected chi connectivity index (χ0v) is 11.2. The topological polar surface area (TPSA) is 29.5 Å². The molecule has 1 rings (SSSR count). The van der Waals surface area contributed by atoms with Crippen LogP contribution in [0.3, 0.4) is 0 Å². The van der Waals surface area contributed by atoms with Gasteiger partial charge in [0.2, 0.25) is 0 Å². The Bertz CT molecular complexity index is 268. The van der Waals surface area contributed by atoms with Crippen LogP contribution in [-0.2, 0) is 11.2 Å². The number of aliphatic hydroxyl groups is 1. The van der Waals surface area contributed by atoms with Gasteiger partial charge in [0, 0.05) is 17.2 Å². The molecule has 0 aliphatic rings. The molecule has 0 aliphatic carbocycles. The molecule has 0 aliphatic heterocycles. The maximum atomic E-state index is 7.65. The number of rotatable bonds is 4. The minimum absolute atomic E-state index is 0.181. The smallest absolute Gasteiger partial charge is 0.143 e. The minimum atomic E-state index is -0.181. The molecule has 1 N–H and O–H groups in total. The van der Waals surface area contributed by atoms with E-state index in [2.05, 4.69) is 11.7 Å². The summed E-state index contributed by atoms with van der Waals surface area (Å²) in [5.74, 6) is 0. The molecule has 2 nitrogen and oxygen atoms in total. The molecule has 16 heavy (non-hydrogen) atoms. The first-order valence-corrected chi connectivity index (χ1v) is 5.95. The van der Waals surface area contributed by atoms with E-state index in [-0.39, 0.29) is 6.79 Å². The van der Waals surface area contributed by atoms with Gasteiger partial charge in [-0.2, -0.15) is 0 Å². The first kappa shape index (κ1) is 15.7. The van der Waals surface area contributed by atoms with Gasteiger partial charge in [-0.1, -0.05) is 42.6 Å². The van der Waals surface area contributed by atoms with E-state index in [1.807, 2.05) is 18.2 Å². The Labute approximate surface area is 107 Å². The second-order valence-corrected chi connectivity index (χ2v) is 4.04. The van der Waals surface area contributed by atoms with Crippen LogP contribution in [0.4, 0.5) is 0 Å². The Morgan fingerprint density at radius 3 is 2.12 bits per heavy atom. The Morgan fingerprint density at radius 1 is 1.25 bits per heavy atom. The molecule has 0 saturated heterocycles. The highest BCUT2D eigenvalue weighted by molar-refractivity contribution is 6.35. The second-order valence-electron chi connectivity index (χ2n) is 3.22. The van der Waals surface area contributed by atoms with Crippen molar-refractivity contribution in [3.63, 3.8) is 0 Å². The van der Waals surface area contributed by atoms with Gasteiger partial charge < -0.3 is 9.84 Å². The molecule has 1 aromatic rings. The van der Waals surface area contributed by atoms with Crippen LogP contribution >= 0.6 is 23.2 Å². The number of aliphatic hydroxyl groups excluding tert-OH is 1. The summed E-state index contributed by atoms with van der Waals surface area (Å²) in [7, 11) is 1.43. The van der Waals surface area contributed by atoms with Crippen LogP contribution in [0.5, 0.6) is 0 Å². The van der Waals surface area contributed by atoms with Gasteiger partial charge in [-0.25, -0.2) is 0 Å². The number of hydrogen-bond donors (Lipinski definition) is 1. The molecular formula is C12H18Cl2O2. The van der Waals surface area contributed by atoms with Gasteiger partial charge in [0.15, 0.2) is 0 Å². The third-order valence-corrected chi connectivity index (χ3v) is 2.68. The zero-order chi connectivity index (χ0) is 12.4. The number of benzene rings is 1. The van der Waals surface area contributed by atoms with Crippen molar-refractivity contribution in [1.82, 2.24) is 0 Å². The van der Waals surface area contributed by atoms with E-state index >= 15 is 0 Å². The number of hydrogen-bond acceptors (Lipinski definition) is 2. The summed E-state index contributed by atoms with van der Waals surface area (Å²) in [5.41, 5.74) is 1.09. The van der Waals surface area contributed by atoms with Crippen molar-refractivity contribution in [3.05, 3.63) is 33.8 Å². The zero-order valence-electron chi connectivity index (χ0n) is 9.67. The summed E-state index contributed by atoms with van der Waals surface area (Å²) in [6.45, 7) is 1.98. The van der Waals surface area contributed by atoms with Gasteiger partial charge in [0.1, 0.15) is 6.79 Å². The van der Waals surface area contributed by atoms with Gasteiger partial charge in [-0.15, -0.1) is 0 Å². The van der Waals surface area contributed by atoms with Crippen molar-refractivity contribution in [3.8, 4) is 0 Å². The van der Waals surface area contributed by atoms with Crippen LogP contribution in [0.25, 0.3) is 0 Å². The van der Waals surface area contributed by atoms with Crippen LogP contribution < -0.4 is 0 Å². The van der Waals surface area contributed by atoms with E-state index in [9.17, 15) is 0 Å². The Morgan fingerprint density at radius 2 is 1.75 bits per heavy atom. The Balaban J connectivity index is 0.000000487. The lowest BCUT2D eigenvalue weighted by Crippen LogP contribution is -1.87. The molecule has 0 amide bonds. The normalized spacial score (nSPS) is 9.56. The fourth-order valence-corrected chi connectivity index (χ4v) is 1.71. The predicted octanol–water partition coefficient (Wildman–Crippen LogP) is 3.92. The summed E-state index contributed by atoms with van der Waals surface area (Å²) < 4.78 is 4.10. The lowest BCUT2D eigenvalue weighted by Gasteiger charge is -2.04. The van der Waals surface area contributed by atoms with Gasteiger partial charge in [0.25, 0.3) is 0 Å². The van der Waals surface area contributed by atoms with Gasteiger partial charge in [-0.3, -0.25) is 0 Å². The number of ether oxygens (including phenoxy) is 1. The SMILES string of the molecule is CCCCc1c(Cl)cccc1Cl.COCO. The van der Waals surface area contributed by atoms with Crippen LogP contribution in [0.15, 0.2) is 18.2 Å². The molecule has 0 radical (unpaired) electrons. The fourth-order valence-electron chi connectivity index (χ4n) is 1.12. The van der Waals surface area contributed by atoms with Crippen LogP contribution in [0.1, 0.15) is 25.3 Å². The summed E-state index contributed by atoms with van der Waals surface area (Å²) >= 11 is 12.0. The van der Waals surface area contributed by atoms with Crippen LogP contribution in [0.2, 0.25) is 10.0 Å². The molecule has 0 saturated carbocycles. The van der Waals surface area contributed by atoms with Crippen molar-refractivity contribution in [2.45, 2.75) is 26.2 Å². The number of unbranched alkanes of at least 4 members (excludes halogenated alkanes) is 1. The van der Waals surface area contributed by atoms with Gasteiger partial charge >= 0.3 is 0 Å².